The largest absolute Gasteiger partial charge is 0.468 e. The van der Waals surface area contributed by atoms with Crippen molar-refractivity contribution in [3.05, 3.63) is 24.2 Å². The Hall–Kier alpha value is -1.82. The lowest BCUT2D eigenvalue weighted by Gasteiger charge is -2.33. The third kappa shape index (κ3) is 5.37. The second kappa shape index (κ2) is 8.33. The van der Waals surface area contributed by atoms with Gasteiger partial charge in [-0.25, -0.2) is 0 Å². The smallest absolute Gasteiger partial charge is 0.239 e. The lowest BCUT2D eigenvalue weighted by Crippen LogP contribution is -2.45. The van der Waals surface area contributed by atoms with Gasteiger partial charge in [0, 0.05) is 12.0 Å². The zero-order valence-electron chi connectivity index (χ0n) is 14.9. The first-order valence-electron chi connectivity index (χ1n) is 8.70. The van der Waals surface area contributed by atoms with Crippen molar-refractivity contribution in [1.82, 2.24) is 15.5 Å². The van der Waals surface area contributed by atoms with E-state index in [1.807, 2.05) is 32.9 Å². The molecule has 0 saturated carbocycles. The van der Waals surface area contributed by atoms with Gasteiger partial charge in [0.15, 0.2) is 0 Å². The van der Waals surface area contributed by atoms with Crippen molar-refractivity contribution in [3.63, 3.8) is 0 Å². The van der Waals surface area contributed by atoms with Gasteiger partial charge >= 0.3 is 0 Å². The maximum Gasteiger partial charge on any atom is 0.239 e. The van der Waals surface area contributed by atoms with Crippen molar-refractivity contribution in [2.75, 3.05) is 26.2 Å². The van der Waals surface area contributed by atoms with Crippen LogP contribution in [0, 0.1) is 5.41 Å². The number of nitrogens with one attached hydrogen (secondary N) is 2. The van der Waals surface area contributed by atoms with Gasteiger partial charge in [0.2, 0.25) is 11.8 Å². The lowest BCUT2D eigenvalue weighted by molar-refractivity contribution is -0.131. The summed E-state index contributed by atoms with van der Waals surface area (Å²) < 4.78 is 5.56. The second-order valence-electron chi connectivity index (χ2n) is 7.36. The Morgan fingerprint density at radius 2 is 1.92 bits per heavy atom. The van der Waals surface area contributed by atoms with Crippen molar-refractivity contribution in [2.24, 2.45) is 5.41 Å². The zero-order chi connectivity index (χ0) is 17.6. The highest BCUT2D eigenvalue weighted by Gasteiger charge is 2.25. The van der Waals surface area contributed by atoms with Crippen LogP contribution >= 0.6 is 0 Å². The molecular formula is C18H29N3O3. The number of furan rings is 1. The molecule has 6 heteroatoms. The van der Waals surface area contributed by atoms with E-state index >= 15 is 0 Å². The Balaban J connectivity index is 1.86. The number of nitrogens with zero attached hydrogens (tertiary/aromatic N) is 1. The molecule has 0 spiro atoms. The topological polar surface area (TPSA) is 74.6 Å². The summed E-state index contributed by atoms with van der Waals surface area (Å²) in [4.78, 5) is 26.2. The van der Waals surface area contributed by atoms with Gasteiger partial charge in [-0.05, 0) is 38.1 Å². The van der Waals surface area contributed by atoms with Crippen LogP contribution in [0.4, 0.5) is 0 Å². The van der Waals surface area contributed by atoms with Gasteiger partial charge < -0.3 is 15.1 Å². The van der Waals surface area contributed by atoms with Gasteiger partial charge in [0.05, 0.1) is 18.8 Å². The highest BCUT2D eigenvalue weighted by Crippen LogP contribution is 2.24. The summed E-state index contributed by atoms with van der Waals surface area (Å²) in [5.41, 5.74) is -0.495. The quantitative estimate of drug-likeness (QED) is 0.835. The van der Waals surface area contributed by atoms with E-state index in [-0.39, 0.29) is 24.4 Å². The van der Waals surface area contributed by atoms with Crippen LogP contribution in [-0.2, 0) is 9.59 Å². The number of amides is 2. The highest BCUT2D eigenvalue weighted by molar-refractivity contribution is 5.87. The van der Waals surface area contributed by atoms with Gasteiger partial charge in [-0.3, -0.25) is 14.5 Å². The molecule has 134 valence electrons. The number of rotatable bonds is 6. The number of carbonyl (C=O) groups is 2. The van der Waals surface area contributed by atoms with E-state index in [0.717, 1.165) is 18.8 Å². The SMILES string of the molecule is CC(C)(C)C(=O)NCC(=O)NC[C@@H](c1ccco1)N1CCCCC1. The minimum absolute atomic E-state index is 0.000970. The Morgan fingerprint density at radius 1 is 1.21 bits per heavy atom. The van der Waals surface area contributed by atoms with Gasteiger partial charge in [-0.15, -0.1) is 0 Å². The second-order valence-corrected chi connectivity index (χ2v) is 7.36. The molecule has 0 radical (unpaired) electrons. The van der Waals surface area contributed by atoms with Crippen LogP contribution in [0.1, 0.15) is 51.8 Å². The monoisotopic (exact) mass is 335 g/mol. The van der Waals surface area contributed by atoms with Crippen LogP contribution in [0.3, 0.4) is 0 Å². The van der Waals surface area contributed by atoms with E-state index in [4.69, 9.17) is 4.42 Å². The van der Waals surface area contributed by atoms with Crippen molar-refractivity contribution < 1.29 is 14.0 Å². The minimum atomic E-state index is -0.495. The molecule has 0 aromatic carbocycles. The van der Waals surface area contributed by atoms with Gasteiger partial charge in [-0.2, -0.15) is 0 Å². The van der Waals surface area contributed by atoms with Gasteiger partial charge in [-0.1, -0.05) is 27.2 Å². The summed E-state index contributed by atoms with van der Waals surface area (Å²) in [6.45, 7) is 7.99. The third-order valence-electron chi connectivity index (χ3n) is 4.29. The van der Waals surface area contributed by atoms with Crippen molar-refractivity contribution in [1.29, 1.82) is 0 Å². The van der Waals surface area contributed by atoms with Gasteiger partial charge in [0.25, 0.3) is 0 Å². The zero-order valence-corrected chi connectivity index (χ0v) is 14.9. The fraction of sp³-hybridized carbons (Fsp3) is 0.667. The molecule has 2 amide bonds. The molecule has 2 rings (SSSR count). The van der Waals surface area contributed by atoms with Crippen LogP contribution in [0.2, 0.25) is 0 Å². The predicted molar refractivity (Wildman–Crippen MR) is 92.3 cm³/mol. The first kappa shape index (κ1) is 18.5. The maximum absolute atomic E-state index is 12.1. The molecule has 1 saturated heterocycles. The van der Waals surface area contributed by atoms with E-state index in [9.17, 15) is 9.59 Å². The molecule has 1 fully saturated rings. The van der Waals surface area contributed by atoms with Gasteiger partial charge in [0.1, 0.15) is 5.76 Å². The number of carbonyl (C=O) groups excluding carboxylic acids is 2. The summed E-state index contributed by atoms with van der Waals surface area (Å²) >= 11 is 0. The molecule has 0 bridgehead atoms. The van der Waals surface area contributed by atoms with Crippen LogP contribution < -0.4 is 10.6 Å². The first-order chi connectivity index (χ1) is 11.4. The minimum Gasteiger partial charge on any atom is -0.468 e. The van der Waals surface area contributed by atoms with Crippen LogP contribution in [0.25, 0.3) is 0 Å². The van der Waals surface area contributed by atoms with E-state index in [1.54, 1.807) is 6.26 Å². The fourth-order valence-corrected chi connectivity index (χ4v) is 2.82. The number of piperidine rings is 1. The summed E-state index contributed by atoms with van der Waals surface area (Å²) in [5, 5.41) is 5.59. The van der Waals surface area contributed by atoms with E-state index < -0.39 is 5.41 Å². The number of likely N-dealkylation sites (tertiary alicyclic amines) is 1. The molecule has 2 N–H and O–H groups in total. The molecule has 2 heterocycles. The molecule has 1 atom stereocenters. The molecule has 1 aliphatic heterocycles. The van der Waals surface area contributed by atoms with Crippen molar-refractivity contribution >= 4 is 11.8 Å². The van der Waals surface area contributed by atoms with Crippen LogP contribution in [0.15, 0.2) is 22.8 Å². The molecule has 0 aliphatic carbocycles. The average molecular weight is 335 g/mol. The van der Waals surface area contributed by atoms with Crippen molar-refractivity contribution in [2.45, 2.75) is 46.1 Å². The Bertz CT molecular complexity index is 528. The normalized spacial score (nSPS) is 17.3. The number of hydrogen-bond donors (Lipinski definition) is 2. The molecule has 24 heavy (non-hydrogen) atoms. The Kier molecular flexibility index (Phi) is 6.43. The molecule has 6 nitrogen and oxygen atoms in total. The Labute approximate surface area is 144 Å². The third-order valence-corrected chi connectivity index (χ3v) is 4.29. The highest BCUT2D eigenvalue weighted by atomic mass is 16.3. The average Bonchev–Trinajstić information content (AvgIpc) is 3.07. The standard InChI is InChI=1S/C18H29N3O3/c1-18(2,3)17(23)20-13-16(22)19-12-14(15-8-7-11-24-15)21-9-5-4-6-10-21/h7-8,11,14H,4-6,9-10,12-13H2,1-3H3,(H,19,22)(H,20,23)/t14-/m0/s1. The Morgan fingerprint density at radius 3 is 2.50 bits per heavy atom. The molecule has 1 aliphatic rings. The van der Waals surface area contributed by atoms with E-state index in [0.29, 0.717) is 6.54 Å². The maximum atomic E-state index is 12.1. The van der Waals surface area contributed by atoms with Crippen LogP contribution in [0.5, 0.6) is 0 Å². The molecule has 1 aromatic heterocycles. The lowest BCUT2D eigenvalue weighted by atomic mass is 9.96. The van der Waals surface area contributed by atoms with Crippen molar-refractivity contribution in [3.8, 4) is 0 Å². The summed E-state index contributed by atoms with van der Waals surface area (Å²) in [6.07, 6.45) is 5.27. The summed E-state index contributed by atoms with van der Waals surface area (Å²) in [5.74, 6) is 0.563. The number of hydrogen-bond acceptors (Lipinski definition) is 4. The van der Waals surface area contributed by atoms with E-state index in [1.165, 1.54) is 19.3 Å². The van der Waals surface area contributed by atoms with E-state index in [2.05, 4.69) is 15.5 Å². The molecule has 1 aromatic rings. The molecular weight excluding hydrogens is 306 g/mol. The van der Waals surface area contributed by atoms with Crippen LogP contribution in [-0.4, -0.2) is 42.9 Å². The molecule has 0 unspecified atom stereocenters. The summed E-state index contributed by atoms with van der Waals surface area (Å²) in [7, 11) is 0. The fourth-order valence-electron chi connectivity index (χ4n) is 2.82. The predicted octanol–water partition coefficient (Wildman–Crippen LogP) is 2.09. The first-order valence-corrected chi connectivity index (χ1v) is 8.70. The summed E-state index contributed by atoms with van der Waals surface area (Å²) in [6, 6.07) is 3.87.